The number of fused-ring (bicyclic) bond motifs is 5. The van der Waals surface area contributed by atoms with Gasteiger partial charge in [-0.05, 0) is 86.3 Å². The normalized spacial score (nSPS) is 11.7. The van der Waals surface area contributed by atoms with E-state index in [-0.39, 0.29) is 23.7 Å². The quantitative estimate of drug-likeness (QED) is 0.138. The number of nitrogens with one attached hydrogen (secondary N) is 3. The number of carboxylic acids is 1. The van der Waals surface area contributed by atoms with Crippen molar-refractivity contribution in [3.63, 3.8) is 0 Å². The molecule has 6 rings (SSSR count). The molecule has 0 bridgehead atoms. The minimum Gasteiger partial charge on any atom is -0.481 e. The highest BCUT2D eigenvalue weighted by Gasteiger charge is 2.25. The highest BCUT2D eigenvalue weighted by Crippen LogP contribution is 2.38. The molecule has 228 valence electrons. The third kappa shape index (κ3) is 6.02. The van der Waals surface area contributed by atoms with Crippen LogP contribution in [0.4, 0.5) is 10.1 Å². The largest absolute Gasteiger partial charge is 0.481 e. The lowest BCUT2D eigenvalue weighted by Gasteiger charge is -2.24. The van der Waals surface area contributed by atoms with E-state index in [1.807, 2.05) is 49.4 Å². The molecule has 1 amide bonds. The highest BCUT2D eigenvalue weighted by atomic mass is 19.1. The van der Waals surface area contributed by atoms with Crippen molar-refractivity contribution >= 4 is 50.4 Å². The predicted octanol–water partition coefficient (Wildman–Crippen LogP) is 7.24. The van der Waals surface area contributed by atoms with Crippen LogP contribution in [0, 0.1) is 5.82 Å². The molecular weight excluding hydrogens is 573 g/mol. The van der Waals surface area contributed by atoms with E-state index < -0.39 is 11.5 Å². The average Bonchev–Trinajstić information content (AvgIpc) is 3.35. The predicted molar refractivity (Wildman–Crippen MR) is 174 cm³/mol. The number of halogens is 1. The van der Waals surface area contributed by atoms with Crippen LogP contribution in [0.1, 0.15) is 48.7 Å². The molecular formula is C36H32FN3O5. The van der Waals surface area contributed by atoms with E-state index in [1.54, 1.807) is 38.1 Å². The molecule has 0 saturated carbocycles. The number of hydrogen-bond acceptors (Lipinski definition) is 5. The van der Waals surface area contributed by atoms with Crippen LogP contribution in [0.25, 0.3) is 44.0 Å². The van der Waals surface area contributed by atoms with Crippen LogP contribution in [0.15, 0.2) is 88.1 Å². The fourth-order valence-corrected chi connectivity index (χ4v) is 5.83. The number of aromatic amines is 1. The molecule has 2 heterocycles. The third-order valence-electron chi connectivity index (χ3n) is 7.78. The summed E-state index contributed by atoms with van der Waals surface area (Å²) in [5.41, 5.74) is 4.81. The van der Waals surface area contributed by atoms with Crippen LogP contribution < -0.4 is 16.2 Å². The summed E-state index contributed by atoms with van der Waals surface area (Å²) in [4.78, 5) is 40.9. The monoisotopic (exact) mass is 605 g/mol. The fraction of sp³-hybridized carbons (Fsp3) is 0.194. The highest BCUT2D eigenvalue weighted by molar-refractivity contribution is 6.15. The smallest absolute Gasteiger partial charge is 0.305 e. The lowest BCUT2D eigenvalue weighted by molar-refractivity contribution is -0.138. The number of benzene rings is 4. The first kappa shape index (κ1) is 29.6. The van der Waals surface area contributed by atoms with E-state index >= 15 is 0 Å². The zero-order valence-electron chi connectivity index (χ0n) is 25.1. The second kappa shape index (κ2) is 11.6. The average molecular weight is 606 g/mol. The van der Waals surface area contributed by atoms with Gasteiger partial charge in [0.25, 0.3) is 11.5 Å². The van der Waals surface area contributed by atoms with Gasteiger partial charge in [0.1, 0.15) is 17.0 Å². The van der Waals surface area contributed by atoms with Crippen LogP contribution in [0.2, 0.25) is 0 Å². The minimum absolute atomic E-state index is 0.217. The summed E-state index contributed by atoms with van der Waals surface area (Å²) in [6.45, 7) is 5.92. The molecule has 0 spiro atoms. The molecule has 0 unspecified atom stereocenters. The van der Waals surface area contributed by atoms with Crippen molar-refractivity contribution in [2.75, 3.05) is 11.9 Å². The molecule has 0 aliphatic heterocycles. The molecule has 45 heavy (non-hydrogen) atoms. The van der Waals surface area contributed by atoms with Crippen molar-refractivity contribution in [2.24, 2.45) is 0 Å². The maximum Gasteiger partial charge on any atom is 0.305 e. The van der Waals surface area contributed by atoms with E-state index in [0.29, 0.717) is 46.0 Å². The first-order valence-corrected chi connectivity index (χ1v) is 14.7. The second-order valence-electron chi connectivity index (χ2n) is 11.9. The van der Waals surface area contributed by atoms with Gasteiger partial charge >= 0.3 is 5.97 Å². The zero-order chi connectivity index (χ0) is 31.9. The topological polar surface area (TPSA) is 124 Å². The van der Waals surface area contributed by atoms with Crippen molar-refractivity contribution in [3.05, 3.63) is 112 Å². The van der Waals surface area contributed by atoms with Gasteiger partial charge in [-0.2, -0.15) is 0 Å². The molecule has 0 radical (unpaired) electrons. The number of carboxylic acid groups (broad SMARTS) is 1. The van der Waals surface area contributed by atoms with Gasteiger partial charge in [-0.1, -0.05) is 30.3 Å². The molecule has 8 nitrogen and oxygen atoms in total. The van der Waals surface area contributed by atoms with E-state index in [0.717, 1.165) is 33.3 Å². The molecule has 0 aliphatic carbocycles. The van der Waals surface area contributed by atoms with Crippen LogP contribution in [-0.4, -0.2) is 34.1 Å². The van der Waals surface area contributed by atoms with Gasteiger partial charge in [-0.25, -0.2) is 4.39 Å². The van der Waals surface area contributed by atoms with Gasteiger partial charge in [-0.15, -0.1) is 0 Å². The van der Waals surface area contributed by atoms with Crippen molar-refractivity contribution in [2.45, 2.75) is 39.2 Å². The van der Waals surface area contributed by atoms with Gasteiger partial charge in [0, 0.05) is 45.7 Å². The summed E-state index contributed by atoms with van der Waals surface area (Å²) in [6, 6.07) is 23.0. The second-order valence-corrected chi connectivity index (χ2v) is 11.9. The summed E-state index contributed by atoms with van der Waals surface area (Å²) in [7, 11) is 0. The summed E-state index contributed by atoms with van der Waals surface area (Å²) < 4.78 is 20.0. The van der Waals surface area contributed by atoms with Crippen LogP contribution in [0.3, 0.4) is 0 Å². The van der Waals surface area contributed by atoms with Gasteiger partial charge in [-0.3, -0.25) is 14.4 Å². The number of hydrogen-bond donors (Lipinski definition) is 4. The Hall–Kier alpha value is -5.44. The Labute approximate surface area is 257 Å². The Bertz CT molecular complexity index is 2180. The van der Waals surface area contributed by atoms with Gasteiger partial charge in [0.05, 0.1) is 17.3 Å². The maximum atomic E-state index is 13.7. The minimum atomic E-state index is -1.00. The van der Waals surface area contributed by atoms with Crippen LogP contribution in [0.5, 0.6) is 0 Å². The summed E-state index contributed by atoms with van der Waals surface area (Å²) >= 11 is 0. The van der Waals surface area contributed by atoms with E-state index in [9.17, 15) is 23.9 Å². The summed E-state index contributed by atoms with van der Waals surface area (Å²) in [5, 5.41) is 17.2. The molecule has 4 N–H and O–H groups in total. The number of pyridine rings is 1. The van der Waals surface area contributed by atoms with Crippen molar-refractivity contribution in [1.82, 2.24) is 10.3 Å². The van der Waals surface area contributed by atoms with Crippen molar-refractivity contribution in [3.8, 4) is 11.1 Å². The first-order valence-electron chi connectivity index (χ1n) is 14.7. The number of furan rings is 1. The van der Waals surface area contributed by atoms with Gasteiger partial charge in [0.15, 0.2) is 0 Å². The summed E-state index contributed by atoms with van der Waals surface area (Å²) in [6.07, 6.45) is 0.294. The number of carbonyl (C=O) groups is 2. The maximum absolute atomic E-state index is 13.7. The number of amides is 1. The Morgan fingerprint density at radius 1 is 0.956 bits per heavy atom. The number of aliphatic carboxylic acids is 1. The van der Waals surface area contributed by atoms with Gasteiger partial charge in [0.2, 0.25) is 0 Å². The molecule has 0 fully saturated rings. The van der Waals surface area contributed by atoms with Crippen LogP contribution >= 0.6 is 0 Å². The number of H-pyrrole nitrogens is 1. The molecule has 0 saturated heterocycles. The molecule has 0 aliphatic rings. The Morgan fingerprint density at radius 3 is 2.49 bits per heavy atom. The third-order valence-corrected chi connectivity index (χ3v) is 7.78. The Morgan fingerprint density at radius 2 is 1.73 bits per heavy atom. The van der Waals surface area contributed by atoms with E-state index in [2.05, 4.69) is 15.6 Å². The van der Waals surface area contributed by atoms with Gasteiger partial charge < -0.3 is 25.1 Å². The lowest BCUT2D eigenvalue weighted by atomic mass is 9.97. The summed E-state index contributed by atoms with van der Waals surface area (Å²) in [5.74, 6) is -1.68. The standard InChI is InChI=1S/C36H32FN3O5/c1-4-38-28-18-30-27(17-26(28)22-8-6-9-23(16-22)34(43)40-36(2,3)19-31(41)42)32-33(45-30)25-12-11-21(15-29(25)39-35(32)44)13-20-7-5-10-24(37)14-20/h5-12,14-18,38H,4,13,19H2,1-3H3,(H,39,44)(H,40,43)(H,41,42). The fourth-order valence-electron chi connectivity index (χ4n) is 5.83. The lowest BCUT2D eigenvalue weighted by Crippen LogP contribution is -2.44. The molecule has 4 aromatic carbocycles. The molecule has 0 atom stereocenters. The first-order chi connectivity index (χ1) is 21.5. The Balaban J connectivity index is 1.43. The number of rotatable bonds is 9. The van der Waals surface area contributed by atoms with Crippen LogP contribution in [-0.2, 0) is 11.2 Å². The number of anilines is 1. The number of aromatic nitrogens is 1. The molecule has 2 aromatic heterocycles. The molecule has 9 heteroatoms. The molecule has 6 aromatic rings. The van der Waals surface area contributed by atoms with Crippen molar-refractivity contribution in [1.29, 1.82) is 0 Å². The van der Waals surface area contributed by atoms with E-state index in [4.69, 9.17) is 4.42 Å². The SMILES string of the molecule is CCNc1cc2oc3c4ccc(Cc5cccc(F)c5)cc4[nH]c(=O)c3c2cc1-c1cccc(C(=O)NC(C)(C)CC(=O)O)c1. The van der Waals surface area contributed by atoms with E-state index in [1.165, 1.54) is 12.1 Å². The Kier molecular flexibility index (Phi) is 7.62. The number of carbonyl (C=O) groups excluding carboxylic acids is 1. The van der Waals surface area contributed by atoms with Crippen molar-refractivity contribution < 1.29 is 23.5 Å². The zero-order valence-corrected chi connectivity index (χ0v) is 25.1.